The molecule has 0 aliphatic rings. The zero-order valence-corrected chi connectivity index (χ0v) is 50.7. The molecule has 0 bridgehead atoms. The van der Waals surface area contributed by atoms with Gasteiger partial charge in [-0.1, -0.05) is 299 Å². The lowest BCUT2D eigenvalue weighted by molar-refractivity contribution is -0.870. The van der Waals surface area contributed by atoms with E-state index in [1.54, 1.807) is 6.08 Å². The number of nitrogens with zero attached hydrogens (tertiary/aromatic N) is 1. The molecule has 0 aromatic carbocycles. The van der Waals surface area contributed by atoms with Crippen molar-refractivity contribution in [2.75, 3.05) is 47.5 Å². The van der Waals surface area contributed by atoms with Crippen LogP contribution in [-0.4, -0.2) is 74.9 Å². The van der Waals surface area contributed by atoms with Crippen molar-refractivity contribution in [1.29, 1.82) is 0 Å². The van der Waals surface area contributed by atoms with Crippen molar-refractivity contribution in [3.63, 3.8) is 0 Å². The van der Waals surface area contributed by atoms with Gasteiger partial charge in [0.2, 0.25) is 0 Å². The lowest BCUT2D eigenvalue weighted by Gasteiger charge is -2.24. The fourth-order valence-corrected chi connectivity index (χ4v) is 9.78. The van der Waals surface area contributed by atoms with Crippen LogP contribution < -0.4 is 0 Å². The van der Waals surface area contributed by atoms with E-state index in [1.807, 2.05) is 33.3 Å². The highest BCUT2D eigenvalue weighted by Crippen LogP contribution is 2.43. The van der Waals surface area contributed by atoms with Gasteiger partial charge >= 0.3 is 19.8 Å². The molecule has 0 saturated heterocycles. The van der Waals surface area contributed by atoms with Gasteiger partial charge in [-0.15, -0.1) is 0 Å². The van der Waals surface area contributed by atoms with Gasteiger partial charge in [0.05, 0.1) is 34.2 Å². The fraction of sp³-hybridized carbons (Fsp3) is 0.815. The average Bonchev–Trinajstić information content (AvgIpc) is 3.37. The van der Waals surface area contributed by atoms with Gasteiger partial charge < -0.3 is 18.9 Å². The second-order valence-electron chi connectivity index (χ2n) is 22.4. The van der Waals surface area contributed by atoms with E-state index in [2.05, 4.69) is 56.4 Å². The first kappa shape index (κ1) is 72.7. The largest absolute Gasteiger partial charge is 0.472 e. The smallest absolute Gasteiger partial charge is 0.462 e. The van der Waals surface area contributed by atoms with Crippen LogP contribution in [0.5, 0.6) is 0 Å². The summed E-state index contributed by atoms with van der Waals surface area (Å²) in [6.45, 7) is 4.23. The Morgan fingerprint density at radius 3 is 1.08 bits per heavy atom. The monoisotopic (exact) mass is 1070 g/mol. The highest BCUT2D eigenvalue weighted by atomic mass is 31.2. The number of hydrogen-bond acceptors (Lipinski definition) is 7. The number of carbonyl (C=O) groups is 2. The van der Waals surface area contributed by atoms with Crippen molar-refractivity contribution in [2.45, 2.75) is 296 Å². The number of quaternary nitrogens is 1. The predicted octanol–water partition coefficient (Wildman–Crippen LogP) is 19.9. The first-order valence-corrected chi connectivity index (χ1v) is 33.0. The molecule has 9 nitrogen and oxygen atoms in total. The van der Waals surface area contributed by atoms with E-state index in [9.17, 15) is 19.0 Å². The lowest BCUT2D eigenvalue weighted by atomic mass is 10.0. The minimum Gasteiger partial charge on any atom is -0.462 e. The Balaban J connectivity index is 3.95. The molecule has 0 radical (unpaired) electrons. The van der Waals surface area contributed by atoms with Crippen LogP contribution in [0, 0.1) is 0 Å². The highest BCUT2D eigenvalue weighted by Gasteiger charge is 2.27. The number of rotatable bonds is 58. The Morgan fingerprint density at radius 2 is 0.747 bits per heavy atom. The second kappa shape index (κ2) is 56.4. The summed E-state index contributed by atoms with van der Waals surface area (Å²) >= 11 is 0. The standard InChI is InChI=1S/C65H120NO8P/c1-6-8-10-12-14-16-18-20-22-23-24-25-26-27-28-29-30-31-32-33-34-35-36-37-38-39-40-41-42-44-45-47-49-51-53-55-57-64(67)71-61-63(62-73-75(69,70)72-60-59-66(3,4)5)74-65(68)58-56-54-52-50-48-46-43-21-19-17-15-13-11-9-7-2/h9,11,15,17,21,43,48,50,54,56,63H,6-8,10,12-14,16,18-20,22-42,44-47,49,51-53,55,57-62H2,1-5H3/p+1/b11-9-,17-15-,43-21-,50-48-,56-54-. The fourth-order valence-electron chi connectivity index (χ4n) is 9.04. The Kier molecular flexibility index (Phi) is 54.7. The van der Waals surface area contributed by atoms with Gasteiger partial charge in [0.1, 0.15) is 19.8 Å². The molecule has 0 aliphatic carbocycles. The highest BCUT2D eigenvalue weighted by molar-refractivity contribution is 7.47. The van der Waals surface area contributed by atoms with E-state index in [0.29, 0.717) is 17.4 Å². The van der Waals surface area contributed by atoms with E-state index >= 15 is 0 Å². The number of hydrogen-bond donors (Lipinski definition) is 1. The SMILES string of the molecule is CC/C=C\C/C=C\C/C=C\C/C=C\C/C=C\CC(=O)OC(COC(=O)CCCCCCCCCCCCCCCCCCCCCCCCCCCCCCCCCCCCCC)COP(=O)(O)OCC[N+](C)(C)C. The molecule has 10 heteroatoms. The van der Waals surface area contributed by atoms with Crippen molar-refractivity contribution >= 4 is 19.8 Å². The van der Waals surface area contributed by atoms with Gasteiger partial charge in [-0.25, -0.2) is 4.57 Å². The zero-order valence-electron chi connectivity index (χ0n) is 49.8. The van der Waals surface area contributed by atoms with Crippen molar-refractivity contribution in [1.82, 2.24) is 0 Å². The summed E-state index contributed by atoms with van der Waals surface area (Å²) < 4.78 is 34.4. The van der Waals surface area contributed by atoms with Crippen LogP contribution >= 0.6 is 7.82 Å². The summed E-state index contributed by atoms with van der Waals surface area (Å²) in [4.78, 5) is 35.6. The molecule has 2 atom stereocenters. The molecule has 0 aliphatic heterocycles. The maximum absolute atomic E-state index is 12.7. The summed E-state index contributed by atoms with van der Waals surface area (Å²) in [5, 5.41) is 0. The van der Waals surface area contributed by atoms with Gasteiger partial charge in [-0.05, 0) is 38.5 Å². The molecular formula is C65H121NO8P+. The molecule has 0 aromatic heterocycles. The molecule has 0 aromatic rings. The summed E-state index contributed by atoms with van der Waals surface area (Å²) in [5.74, 6) is -0.937. The number of phosphoric acid groups is 1. The van der Waals surface area contributed by atoms with Crippen LogP contribution in [0.1, 0.15) is 290 Å². The molecule has 1 N–H and O–H groups in total. The quantitative estimate of drug-likeness (QED) is 0.0211. The van der Waals surface area contributed by atoms with Crippen LogP contribution in [0.4, 0.5) is 0 Å². The third-order valence-corrected chi connectivity index (χ3v) is 14.8. The maximum Gasteiger partial charge on any atom is 0.472 e. The van der Waals surface area contributed by atoms with Crippen molar-refractivity contribution in [3.05, 3.63) is 60.8 Å². The van der Waals surface area contributed by atoms with E-state index in [4.69, 9.17) is 18.5 Å². The van der Waals surface area contributed by atoms with E-state index in [-0.39, 0.29) is 32.0 Å². The lowest BCUT2D eigenvalue weighted by Crippen LogP contribution is -2.37. The molecule has 0 rings (SSSR count). The Morgan fingerprint density at radius 1 is 0.427 bits per heavy atom. The Hall–Kier alpha value is -2.29. The summed E-state index contributed by atoms with van der Waals surface area (Å²) in [7, 11) is 1.43. The van der Waals surface area contributed by atoms with Crippen LogP contribution in [0.25, 0.3) is 0 Å². The average molecular weight is 1080 g/mol. The minimum absolute atomic E-state index is 0.00844. The predicted molar refractivity (Wildman–Crippen MR) is 321 cm³/mol. The number of esters is 2. The van der Waals surface area contributed by atoms with E-state index in [0.717, 1.165) is 44.9 Å². The first-order chi connectivity index (χ1) is 36.5. The minimum atomic E-state index is -4.41. The normalized spacial score (nSPS) is 13.6. The number of likely N-dealkylation sites (N-methyl/N-ethyl adjacent to an activating group) is 1. The summed E-state index contributed by atoms with van der Waals surface area (Å²) in [5.41, 5.74) is 0. The van der Waals surface area contributed by atoms with Gasteiger partial charge in [-0.2, -0.15) is 0 Å². The Labute approximate surface area is 464 Å². The van der Waals surface area contributed by atoms with Crippen LogP contribution in [0.15, 0.2) is 60.8 Å². The number of carbonyl (C=O) groups excluding carboxylic acids is 2. The number of ether oxygens (including phenoxy) is 2. The zero-order chi connectivity index (χ0) is 54.9. The van der Waals surface area contributed by atoms with Crippen molar-refractivity contribution in [2.24, 2.45) is 0 Å². The first-order valence-electron chi connectivity index (χ1n) is 31.5. The van der Waals surface area contributed by atoms with Crippen LogP contribution in [0.3, 0.4) is 0 Å². The second-order valence-corrected chi connectivity index (χ2v) is 23.9. The number of allylic oxidation sites excluding steroid dienone is 9. The topological polar surface area (TPSA) is 108 Å². The molecule has 0 spiro atoms. The van der Waals surface area contributed by atoms with Gasteiger partial charge in [0.15, 0.2) is 6.10 Å². The maximum atomic E-state index is 12.7. The van der Waals surface area contributed by atoms with Crippen molar-refractivity contribution < 1.29 is 42.1 Å². The van der Waals surface area contributed by atoms with Gasteiger partial charge in [0.25, 0.3) is 0 Å². The van der Waals surface area contributed by atoms with Gasteiger partial charge in [0, 0.05) is 6.42 Å². The third kappa shape index (κ3) is 60.8. The molecular weight excluding hydrogens is 954 g/mol. The molecule has 0 saturated carbocycles. The molecule has 0 amide bonds. The van der Waals surface area contributed by atoms with Crippen LogP contribution in [0.2, 0.25) is 0 Å². The molecule has 0 fully saturated rings. The van der Waals surface area contributed by atoms with E-state index in [1.165, 1.54) is 212 Å². The molecule has 0 heterocycles. The summed E-state index contributed by atoms with van der Waals surface area (Å²) in [6, 6.07) is 0. The van der Waals surface area contributed by atoms with E-state index < -0.39 is 26.5 Å². The Bertz CT molecular complexity index is 1450. The summed E-state index contributed by atoms with van der Waals surface area (Å²) in [6.07, 6.45) is 73.8. The van der Waals surface area contributed by atoms with Gasteiger partial charge in [-0.3, -0.25) is 18.6 Å². The number of unbranched alkanes of at least 4 members (excludes halogenated alkanes) is 35. The number of phosphoric ester groups is 1. The third-order valence-electron chi connectivity index (χ3n) is 13.8. The molecule has 438 valence electrons. The van der Waals surface area contributed by atoms with Crippen LogP contribution in [-0.2, 0) is 32.7 Å². The van der Waals surface area contributed by atoms with Crippen molar-refractivity contribution in [3.8, 4) is 0 Å². The molecule has 75 heavy (non-hydrogen) atoms. The molecule has 2 unspecified atom stereocenters.